The zero-order valence-electron chi connectivity index (χ0n) is 14.6. The summed E-state index contributed by atoms with van der Waals surface area (Å²) in [6.45, 7) is 6.60. The molecule has 0 unspecified atom stereocenters. The van der Waals surface area contributed by atoms with Crippen LogP contribution >= 0.6 is 0 Å². The molecular weight excluding hydrogens is 312 g/mol. The van der Waals surface area contributed by atoms with E-state index in [0.29, 0.717) is 0 Å². The molecule has 1 saturated heterocycles. The molecule has 1 atom stereocenters. The number of para-hydroxylation sites is 1. The predicted octanol–water partition coefficient (Wildman–Crippen LogP) is 3.11. The Balaban J connectivity index is 1.49. The zero-order chi connectivity index (χ0) is 17.2. The molecule has 0 spiro atoms. The first-order valence-electron chi connectivity index (χ1n) is 9.03. The number of rotatable bonds is 3. The van der Waals surface area contributed by atoms with Gasteiger partial charge in [0.1, 0.15) is 0 Å². The maximum absolute atomic E-state index is 13.0. The molecule has 130 valence electrons. The highest BCUT2D eigenvalue weighted by Crippen LogP contribution is 2.33. The van der Waals surface area contributed by atoms with Gasteiger partial charge in [-0.25, -0.2) is 0 Å². The van der Waals surface area contributed by atoms with Crippen LogP contribution in [0.2, 0.25) is 0 Å². The zero-order valence-corrected chi connectivity index (χ0v) is 14.6. The lowest BCUT2D eigenvalue weighted by atomic mass is 10.1. The molecule has 25 heavy (non-hydrogen) atoms. The molecule has 1 fully saturated rings. The van der Waals surface area contributed by atoms with E-state index in [4.69, 9.17) is 4.74 Å². The fourth-order valence-corrected chi connectivity index (χ4v) is 3.78. The summed E-state index contributed by atoms with van der Waals surface area (Å²) < 4.78 is 5.39. The third kappa shape index (κ3) is 3.32. The number of nitrogens with zero attached hydrogens (tertiary/aromatic N) is 2. The van der Waals surface area contributed by atoms with Gasteiger partial charge in [-0.05, 0) is 42.7 Å². The highest BCUT2D eigenvalue weighted by Gasteiger charge is 2.31. The Morgan fingerprint density at radius 3 is 2.56 bits per heavy atom. The Morgan fingerprint density at radius 1 is 1.08 bits per heavy atom. The molecule has 4 nitrogen and oxygen atoms in total. The molecule has 0 saturated carbocycles. The molecule has 4 heteroatoms. The Labute approximate surface area is 149 Å². The third-order valence-electron chi connectivity index (χ3n) is 5.14. The van der Waals surface area contributed by atoms with Gasteiger partial charge < -0.3 is 9.64 Å². The van der Waals surface area contributed by atoms with Crippen LogP contribution < -0.4 is 4.90 Å². The molecule has 1 amide bonds. The SMILES string of the molecule is C[C@@H]1Cc2ccccc2N1C(=O)c1ccc(CN2CCOCC2)cc1. The Bertz CT molecular complexity index is 751. The average molecular weight is 336 g/mol. The molecule has 4 rings (SSSR count). The monoisotopic (exact) mass is 336 g/mol. The molecule has 2 aliphatic rings. The molecule has 0 aromatic heterocycles. The van der Waals surface area contributed by atoms with Crippen LogP contribution in [0.3, 0.4) is 0 Å². The van der Waals surface area contributed by atoms with Gasteiger partial charge >= 0.3 is 0 Å². The van der Waals surface area contributed by atoms with Gasteiger partial charge in [0, 0.05) is 36.9 Å². The van der Waals surface area contributed by atoms with E-state index in [1.807, 2.05) is 35.2 Å². The second kappa shape index (κ2) is 6.98. The quantitative estimate of drug-likeness (QED) is 0.863. The molecule has 2 heterocycles. The highest BCUT2D eigenvalue weighted by molar-refractivity contribution is 6.07. The van der Waals surface area contributed by atoms with Gasteiger partial charge in [-0.3, -0.25) is 9.69 Å². The lowest BCUT2D eigenvalue weighted by Crippen LogP contribution is -2.36. The van der Waals surface area contributed by atoms with Gasteiger partial charge in [-0.1, -0.05) is 30.3 Å². The first-order chi connectivity index (χ1) is 12.2. The summed E-state index contributed by atoms with van der Waals surface area (Å²) in [5.41, 5.74) is 4.31. The van der Waals surface area contributed by atoms with E-state index < -0.39 is 0 Å². The Hall–Kier alpha value is -2.17. The van der Waals surface area contributed by atoms with Crippen molar-refractivity contribution in [3.63, 3.8) is 0 Å². The topological polar surface area (TPSA) is 32.8 Å². The van der Waals surface area contributed by atoms with Gasteiger partial charge in [0.2, 0.25) is 0 Å². The summed E-state index contributed by atoms with van der Waals surface area (Å²) in [5, 5.41) is 0. The molecule has 0 radical (unpaired) electrons. The molecular formula is C21H24N2O2. The van der Waals surface area contributed by atoms with Gasteiger partial charge in [-0.2, -0.15) is 0 Å². The van der Waals surface area contributed by atoms with E-state index in [0.717, 1.165) is 50.5 Å². The van der Waals surface area contributed by atoms with Crippen LogP contribution in [0.5, 0.6) is 0 Å². The predicted molar refractivity (Wildman–Crippen MR) is 99.0 cm³/mol. The van der Waals surface area contributed by atoms with Crippen LogP contribution in [0.1, 0.15) is 28.4 Å². The van der Waals surface area contributed by atoms with E-state index in [-0.39, 0.29) is 11.9 Å². The second-order valence-corrected chi connectivity index (χ2v) is 6.94. The van der Waals surface area contributed by atoms with Crippen LogP contribution in [0.15, 0.2) is 48.5 Å². The van der Waals surface area contributed by atoms with Crippen LogP contribution in [0.25, 0.3) is 0 Å². The summed E-state index contributed by atoms with van der Waals surface area (Å²) in [6.07, 6.45) is 0.928. The minimum Gasteiger partial charge on any atom is -0.379 e. The molecule has 2 aliphatic heterocycles. The van der Waals surface area contributed by atoms with E-state index in [2.05, 4.69) is 30.0 Å². The minimum absolute atomic E-state index is 0.0929. The standard InChI is InChI=1S/C21H24N2O2/c1-16-14-19-4-2-3-5-20(19)23(16)21(24)18-8-6-17(7-9-18)15-22-10-12-25-13-11-22/h2-9,16H,10-15H2,1H3/t16-/m1/s1. The van der Waals surface area contributed by atoms with Crippen molar-refractivity contribution >= 4 is 11.6 Å². The average Bonchev–Trinajstić information content (AvgIpc) is 2.98. The molecule has 0 N–H and O–H groups in total. The number of fused-ring (bicyclic) bond motifs is 1. The fourth-order valence-electron chi connectivity index (χ4n) is 3.78. The van der Waals surface area contributed by atoms with Crippen LogP contribution in [-0.2, 0) is 17.7 Å². The van der Waals surface area contributed by atoms with Crippen molar-refractivity contribution in [3.8, 4) is 0 Å². The Kier molecular flexibility index (Phi) is 4.55. The number of ether oxygens (including phenoxy) is 1. The first kappa shape index (κ1) is 16.3. The molecule has 0 aliphatic carbocycles. The fraction of sp³-hybridized carbons (Fsp3) is 0.381. The summed E-state index contributed by atoms with van der Waals surface area (Å²) in [5.74, 6) is 0.0929. The number of hydrogen-bond acceptors (Lipinski definition) is 3. The van der Waals surface area contributed by atoms with Crippen molar-refractivity contribution < 1.29 is 9.53 Å². The van der Waals surface area contributed by atoms with E-state index >= 15 is 0 Å². The van der Waals surface area contributed by atoms with Gasteiger partial charge in [-0.15, -0.1) is 0 Å². The summed E-state index contributed by atoms with van der Waals surface area (Å²) in [7, 11) is 0. The van der Waals surface area contributed by atoms with Crippen molar-refractivity contribution in [2.24, 2.45) is 0 Å². The number of benzene rings is 2. The van der Waals surface area contributed by atoms with Crippen LogP contribution in [0, 0.1) is 0 Å². The third-order valence-corrected chi connectivity index (χ3v) is 5.14. The van der Waals surface area contributed by atoms with Gasteiger partial charge in [0.05, 0.1) is 13.2 Å². The number of anilines is 1. The number of amides is 1. The van der Waals surface area contributed by atoms with E-state index in [1.165, 1.54) is 11.1 Å². The van der Waals surface area contributed by atoms with Crippen molar-refractivity contribution in [1.82, 2.24) is 4.90 Å². The van der Waals surface area contributed by atoms with E-state index in [1.54, 1.807) is 0 Å². The maximum Gasteiger partial charge on any atom is 0.258 e. The summed E-state index contributed by atoms with van der Waals surface area (Å²) in [6, 6.07) is 16.5. The van der Waals surface area contributed by atoms with Crippen molar-refractivity contribution in [2.75, 3.05) is 31.2 Å². The molecule has 2 aromatic carbocycles. The molecule has 0 bridgehead atoms. The normalized spacial score (nSPS) is 20.5. The summed E-state index contributed by atoms with van der Waals surface area (Å²) in [4.78, 5) is 17.3. The van der Waals surface area contributed by atoms with Gasteiger partial charge in [0.15, 0.2) is 0 Å². The Morgan fingerprint density at radius 2 is 1.80 bits per heavy atom. The minimum atomic E-state index is 0.0929. The van der Waals surface area contributed by atoms with Crippen LogP contribution in [0.4, 0.5) is 5.69 Å². The number of carbonyl (C=O) groups excluding carboxylic acids is 1. The second-order valence-electron chi connectivity index (χ2n) is 6.94. The smallest absolute Gasteiger partial charge is 0.258 e. The lowest BCUT2D eigenvalue weighted by molar-refractivity contribution is 0.0342. The van der Waals surface area contributed by atoms with Crippen LogP contribution in [-0.4, -0.2) is 43.2 Å². The largest absolute Gasteiger partial charge is 0.379 e. The first-order valence-corrected chi connectivity index (χ1v) is 9.03. The van der Waals surface area contributed by atoms with E-state index in [9.17, 15) is 4.79 Å². The maximum atomic E-state index is 13.0. The molecule has 2 aromatic rings. The number of carbonyl (C=O) groups is 1. The lowest BCUT2D eigenvalue weighted by Gasteiger charge is -2.26. The van der Waals surface area contributed by atoms with Crippen molar-refractivity contribution in [3.05, 3.63) is 65.2 Å². The number of morpholine rings is 1. The highest BCUT2D eigenvalue weighted by atomic mass is 16.5. The van der Waals surface area contributed by atoms with Gasteiger partial charge in [0.25, 0.3) is 5.91 Å². The summed E-state index contributed by atoms with van der Waals surface area (Å²) >= 11 is 0. The number of hydrogen-bond donors (Lipinski definition) is 0. The van der Waals surface area contributed by atoms with Crippen molar-refractivity contribution in [2.45, 2.75) is 25.9 Å². The van der Waals surface area contributed by atoms with Crippen molar-refractivity contribution in [1.29, 1.82) is 0 Å².